The molecule has 46 heavy (non-hydrogen) atoms. The number of anilines is 5. The van der Waals surface area contributed by atoms with E-state index in [9.17, 15) is 22.8 Å². The van der Waals surface area contributed by atoms with Crippen molar-refractivity contribution in [3.05, 3.63) is 95.8 Å². The zero-order chi connectivity index (χ0) is 33.3. The molecule has 0 saturated carbocycles. The lowest BCUT2D eigenvalue weighted by atomic mass is 10.1. The van der Waals surface area contributed by atoms with Crippen LogP contribution in [0.2, 0.25) is 0 Å². The van der Waals surface area contributed by atoms with E-state index in [2.05, 4.69) is 44.7 Å². The fourth-order valence-electron chi connectivity index (χ4n) is 4.39. The van der Waals surface area contributed by atoms with Gasteiger partial charge in [0.25, 0.3) is 5.91 Å². The summed E-state index contributed by atoms with van der Waals surface area (Å²) in [5, 5.41) is 8.56. The monoisotopic (exact) mass is 635 g/mol. The lowest BCUT2D eigenvalue weighted by Crippen LogP contribution is -2.32. The van der Waals surface area contributed by atoms with Crippen LogP contribution < -0.4 is 25.6 Å². The summed E-state index contributed by atoms with van der Waals surface area (Å²) < 4.78 is 45.1. The number of aromatic nitrogens is 2. The molecule has 3 amide bonds. The summed E-state index contributed by atoms with van der Waals surface area (Å²) in [5.41, 5.74) is 1.08. The Morgan fingerprint density at radius 1 is 0.891 bits per heavy atom. The molecule has 3 N–H and O–H groups in total. The maximum absolute atomic E-state index is 13.1. The Morgan fingerprint density at radius 3 is 2.30 bits per heavy atom. The third-order valence-corrected chi connectivity index (χ3v) is 7.19. The molecule has 13 heteroatoms. The molecule has 10 nitrogen and oxygen atoms in total. The van der Waals surface area contributed by atoms with Crippen molar-refractivity contribution in [2.45, 2.75) is 26.9 Å². The Morgan fingerprint density at radius 2 is 1.61 bits per heavy atom. The SMILES string of the molecule is CCN(CC)CCOc1ccc(Nc2cc(N(C)C(=O)Nc3cc(NC(=O)c4cccc(C(F)(F)F)c4)ccc3C)ncn2)cc1. The van der Waals surface area contributed by atoms with Crippen molar-refractivity contribution >= 4 is 40.6 Å². The number of urea groups is 1. The van der Waals surface area contributed by atoms with Crippen molar-refractivity contribution in [2.24, 2.45) is 0 Å². The molecule has 1 aromatic heterocycles. The van der Waals surface area contributed by atoms with E-state index in [1.54, 1.807) is 32.2 Å². The standard InChI is InChI=1S/C33H36F3N7O3/c1-5-43(6-2)16-17-46-27-14-12-25(13-15-27)39-29-20-30(38-21-37-29)42(4)32(45)41-28-19-26(11-10-22(28)3)40-31(44)23-8-7-9-24(18-23)33(34,35)36/h7-15,18-21H,5-6,16-17H2,1-4H3,(H,40,44)(H,41,45)(H,37,38,39). The second-order valence-electron chi connectivity index (χ2n) is 10.3. The number of aryl methyl sites for hydroxylation is 1. The zero-order valence-corrected chi connectivity index (χ0v) is 26.0. The predicted octanol–water partition coefficient (Wildman–Crippen LogP) is 7.19. The molecule has 4 rings (SSSR count). The van der Waals surface area contributed by atoms with Gasteiger partial charge in [0, 0.05) is 42.3 Å². The number of carbonyl (C=O) groups is 2. The number of ether oxygens (including phenoxy) is 1. The number of nitrogens with one attached hydrogen (secondary N) is 3. The fourth-order valence-corrected chi connectivity index (χ4v) is 4.39. The summed E-state index contributed by atoms with van der Waals surface area (Å²) in [6, 6.07) is 17.5. The van der Waals surface area contributed by atoms with Crippen LogP contribution in [0.5, 0.6) is 5.75 Å². The van der Waals surface area contributed by atoms with Crippen molar-refractivity contribution in [3.8, 4) is 5.75 Å². The van der Waals surface area contributed by atoms with E-state index < -0.39 is 23.7 Å². The van der Waals surface area contributed by atoms with Gasteiger partial charge in [0.1, 0.15) is 30.3 Å². The Bertz CT molecular complexity index is 1640. The molecular weight excluding hydrogens is 599 g/mol. The summed E-state index contributed by atoms with van der Waals surface area (Å²) in [6.07, 6.45) is -3.24. The summed E-state index contributed by atoms with van der Waals surface area (Å²) >= 11 is 0. The molecule has 0 atom stereocenters. The predicted molar refractivity (Wildman–Crippen MR) is 173 cm³/mol. The molecule has 0 aliphatic heterocycles. The van der Waals surface area contributed by atoms with E-state index in [0.717, 1.165) is 43.2 Å². The average Bonchev–Trinajstić information content (AvgIpc) is 3.05. The third-order valence-electron chi connectivity index (χ3n) is 7.19. The molecule has 242 valence electrons. The van der Waals surface area contributed by atoms with Gasteiger partial charge in [0.2, 0.25) is 0 Å². The molecule has 0 radical (unpaired) electrons. The van der Waals surface area contributed by atoms with E-state index in [-0.39, 0.29) is 5.56 Å². The molecule has 0 unspecified atom stereocenters. The van der Waals surface area contributed by atoms with Gasteiger partial charge in [0.05, 0.1) is 5.56 Å². The van der Waals surface area contributed by atoms with Crippen LogP contribution in [0.1, 0.15) is 35.3 Å². The van der Waals surface area contributed by atoms with Gasteiger partial charge < -0.3 is 25.6 Å². The lowest BCUT2D eigenvalue weighted by molar-refractivity contribution is -0.137. The van der Waals surface area contributed by atoms with Gasteiger partial charge in [-0.1, -0.05) is 26.0 Å². The van der Waals surface area contributed by atoms with Crippen molar-refractivity contribution in [3.63, 3.8) is 0 Å². The molecule has 1 heterocycles. The normalized spacial score (nSPS) is 11.2. The number of nitrogens with zero attached hydrogens (tertiary/aromatic N) is 4. The van der Waals surface area contributed by atoms with Gasteiger partial charge in [-0.3, -0.25) is 9.69 Å². The van der Waals surface area contributed by atoms with Gasteiger partial charge in [-0.15, -0.1) is 0 Å². The topological polar surface area (TPSA) is 112 Å². The molecule has 0 saturated heterocycles. The van der Waals surface area contributed by atoms with Crippen LogP contribution >= 0.6 is 0 Å². The van der Waals surface area contributed by atoms with Crippen molar-refractivity contribution in [1.29, 1.82) is 0 Å². The average molecular weight is 636 g/mol. The van der Waals surface area contributed by atoms with Gasteiger partial charge in [-0.25, -0.2) is 14.8 Å². The molecule has 0 aliphatic rings. The number of likely N-dealkylation sites (N-methyl/N-ethyl adjacent to an activating group) is 1. The number of benzene rings is 3. The molecule has 0 spiro atoms. The van der Waals surface area contributed by atoms with Crippen LogP contribution in [-0.4, -0.2) is 60.1 Å². The molecule has 0 aliphatic carbocycles. The highest BCUT2D eigenvalue weighted by molar-refractivity contribution is 6.05. The first-order valence-electron chi connectivity index (χ1n) is 14.6. The molecule has 0 fully saturated rings. The fraction of sp³-hybridized carbons (Fsp3) is 0.273. The number of alkyl halides is 3. The maximum Gasteiger partial charge on any atom is 0.416 e. The Hall–Kier alpha value is -5.17. The van der Waals surface area contributed by atoms with Gasteiger partial charge >= 0.3 is 12.2 Å². The summed E-state index contributed by atoms with van der Waals surface area (Å²) in [7, 11) is 1.54. The van der Waals surface area contributed by atoms with E-state index in [4.69, 9.17) is 4.74 Å². The van der Waals surface area contributed by atoms with E-state index in [1.807, 2.05) is 24.3 Å². The maximum atomic E-state index is 13.1. The van der Waals surface area contributed by atoms with Crippen LogP contribution in [0.3, 0.4) is 0 Å². The van der Waals surface area contributed by atoms with Gasteiger partial charge in [-0.05, 0) is 80.2 Å². The number of amides is 3. The first-order valence-corrected chi connectivity index (χ1v) is 14.6. The van der Waals surface area contributed by atoms with E-state index >= 15 is 0 Å². The zero-order valence-electron chi connectivity index (χ0n) is 26.0. The largest absolute Gasteiger partial charge is 0.492 e. The lowest BCUT2D eigenvalue weighted by Gasteiger charge is -2.19. The number of rotatable bonds is 12. The minimum absolute atomic E-state index is 0.149. The van der Waals surface area contributed by atoms with Gasteiger partial charge in [-0.2, -0.15) is 13.2 Å². The highest BCUT2D eigenvalue weighted by atomic mass is 19.4. The summed E-state index contributed by atoms with van der Waals surface area (Å²) in [4.78, 5) is 37.9. The van der Waals surface area contributed by atoms with Crippen LogP contribution in [0.25, 0.3) is 0 Å². The highest BCUT2D eigenvalue weighted by Crippen LogP contribution is 2.30. The van der Waals surface area contributed by atoms with Crippen LogP contribution in [0, 0.1) is 6.92 Å². The van der Waals surface area contributed by atoms with E-state index in [0.29, 0.717) is 35.2 Å². The van der Waals surface area contributed by atoms with Crippen LogP contribution in [-0.2, 0) is 6.18 Å². The third kappa shape index (κ3) is 9.17. The first-order chi connectivity index (χ1) is 22.0. The molecule has 0 bridgehead atoms. The molecular formula is C33H36F3N7O3. The Labute approximate surface area is 265 Å². The molecule has 3 aromatic carbocycles. The summed E-state index contributed by atoms with van der Waals surface area (Å²) in [6.45, 7) is 9.39. The van der Waals surface area contributed by atoms with E-state index in [1.165, 1.54) is 29.4 Å². The second-order valence-corrected chi connectivity index (χ2v) is 10.3. The number of carbonyl (C=O) groups excluding carboxylic acids is 2. The minimum atomic E-state index is -4.57. The molecule has 4 aromatic rings. The number of hydrogen-bond donors (Lipinski definition) is 3. The quantitative estimate of drug-likeness (QED) is 0.151. The smallest absolute Gasteiger partial charge is 0.416 e. The minimum Gasteiger partial charge on any atom is -0.492 e. The van der Waals surface area contributed by atoms with Gasteiger partial charge in [0.15, 0.2) is 0 Å². The van der Waals surface area contributed by atoms with Crippen molar-refractivity contribution < 1.29 is 27.5 Å². The van der Waals surface area contributed by atoms with Crippen molar-refractivity contribution in [2.75, 3.05) is 54.1 Å². The number of halogens is 3. The number of hydrogen-bond acceptors (Lipinski definition) is 7. The first kappa shape index (κ1) is 33.7. The summed E-state index contributed by atoms with van der Waals surface area (Å²) in [5.74, 6) is 0.822. The van der Waals surface area contributed by atoms with Crippen LogP contribution in [0.4, 0.5) is 46.7 Å². The van der Waals surface area contributed by atoms with Crippen molar-refractivity contribution in [1.82, 2.24) is 14.9 Å². The highest BCUT2D eigenvalue weighted by Gasteiger charge is 2.31. The second kappa shape index (κ2) is 15.2. The van der Waals surface area contributed by atoms with Crippen LogP contribution in [0.15, 0.2) is 79.1 Å². The Kier molecular flexibility index (Phi) is 11.2. The Balaban J connectivity index is 1.37.